The summed E-state index contributed by atoms with van der Waals surface area (Å²) in [6.07, 6.45) is 0. The van der Waals surface area contributed by atoms with Crippen molar-refractivity contribution in [3.8, 4) is 44.5 Å². The van der Waals surface area contributed by atoms with Crippen LogP contribution in [0.4, 0.5) is 17.1 Å². The van der Waals surface area contributed by atoms with E-state index in [1.54, 1.807) is 0 Å². The normalized spacial score (nSPS) is 12.7. The number of benzene rings is 7. The summed E-state index contributed by atoms with van der Waals surface area (Å²) in [5.41, 5.74) is 16.0. The number of rotatable bonds is 6. The highest BCUT2D eigenvalue weighted by Crippen LogP contribution is 2.49. The molecule has 1 aliphatic carbocycles. The van der Waals surface area contributed by atoms with Gasteiger partial charge in [0.1, 0.15) is 0 Å². The molecule has 0 saturated heterocycles. The second-order valence-electron chi connectivity index (χ2n) is 12.8. The zero-order valence-electron chi connectivity index (χ0n) is 26.5. The summed E-state index contributed by atoms with van der Waals surface area (Å²) in [7, 11) is 0. The maximum atomic E-state index is 3.82. The zero-order chi connectivity index (χ0) is 32.0. The van der Waals surface area contributed by atoms with E-state index in [2.05, 4.69) is 205 Å². The fourth-order valence-electron chi connectivity index (χ4n) is 7.06. The number of anilines is 3. The molecule has 226 valence electrons. The molecule has 2 heteroatoms. The lowest BCUT2D eigenvalue weighted by molar-refractivity contribution is 0.660. The second kappa shape index (κ2) is 11.9. The summed E-state index contributed by atoms with van der Waals surface area (Å²) >= 11 is 3.82. The highest BCUT2D eigenvalue weighted by Gasteiger charge is 2.35. The zero-order valence-corrected chi connectivity index (χ0v) is 28.1. The van der Waals surface area contributed by atoms with Crippen molar-refractivity contribution >= 4 is 33.0 Å². The number of fused-ring (bicyclic) bond motifs is 3. The highest BCUT2D eigenvalue weighted by atomic mass is 79.9. The lowest BCUT2D eigenvalue weighted by Crippen LogP contribution is -2.14. The molecule has 0 bridgehead atoms. The quantitative estimate of drug-likeness (QED) is 0.170. The summed E-state index contributed by atoms with van der Waals surface area (Å²) in [6.45, 7) is 4.68. The predicted octanol–water partition coefficient (Wildman–Crippen LogP) is 13.2. The Kier molecular flexibility index (Phi) is 7.39. The molecule has 8 rings (SSSR count). The Morgan fingerprint density at radius 2 is 0.872 bits per heavy atom. The van der Waals surface area contributed by atoms with Crippen LogP contribution in [-0.4, -0.2) is 0 Å². The molecule has 7 aromatic rings. The van der Waals surface area contributed by atoms with E-state index in [1.165, 1.54) is 50.1 Å². The van der Waals surface area contributed by atoms with Crippen molar-refractivity contribution in [3.05, 3.63) is 185 Å². The van der Waals surface area contributed by atoms with Gasteiger partial charge in [-0.25, -0.2) is 0 Å². The number of nitrogens with zero attached hydrogens (tertiary/aromatic N) is 1. The van der Waals surface area contributed by atoms with Crippen LogP contribution >= 0.6 is 15.9 Å². The van der Waals surface area contributed by atoms with E-state index in [0.29, 0.717) is 0 Å². The Bertz CT molecular complexity index is 2200. The molecule has 7 aromatic carbocycles. The Morgan fingerprint density at radius 1 is 0.383 bits per heavy atom. The number of halogens is 1. The van der Waals surface area contributed by atoms with Gasteiger partial charge in [0.2, 0.25) is 0 Å². The molecule has 0 amide bonds. The summed E-state index contributed by atoms with van der Waals surface area (Å²) in [5.74, 6) is 0. The van der Waals surface area contributed by atoms with Crippen LogP contribution in [0.1, 0.15) is 25.0 Å². The van der Waals surface area contributed by atoms with Gasteiger partial charge in [-0.3, -0.25) is 0 Å². The molecule has 0 aliphatic heterocycles. The third-order valence-electron chi connectivity index (χ3n) is 9.57. The van der Waals surface area contributed by atoms with Gasteiger partial charge in [-0.05, 0) is 104 Å². The number of hydrogen-bond acceptors (Lipinski definition) is 1. The fraction of sp³-hybridized carbons (Fsp3) is 0.0667. The van der Waals surface area contributed by atoms with Crippen LogP contribution in [0.25, 0.3) is 44.5 Å². The van der Waals surface area contributed by atoms with Crippen molar-refractivity contribution < 1.29 is 0 Å². The first-order valence-electron chi connectivity index (χ1n) is 16.1. The van der Waals surface area contributed by atoms with Gasteiger partial charge < -0.3 is 4.90 Å². The van der Waals surface area contributed by atoms with Gasteiger partial charge in [-0.2, -0.15) is 0 Å². The minimum absolute atomic E-state index is 0.0252. The lowest BCUT2D eigenvalue weighted by Gasteiger charge is -2.27. The lowest BCUT2D eigenvalue weighted by atomic mass is 9.81. The maximum absolute atomic E-state index is 3.82. The van der Waals surface area contributed by atoms with E-state index < -0.39 is 0 Å². The molecule has 1 aliphatic rings. The average molecular weight is 669 g/mol. The van der Waals surface area contributed by atoms with E-state index in [1.807, 2.05) is 0 Å². The van der Waals surface area contributed by atoms with Crippen LogP contribution in [0.2, 0.25) is 0 Å². The maximum Gasteiger partial charge on any atom is 0.0468 e. The first-order valence-corrected chi connectivity index (χ1v) is 16.9. The third-order valence-corrected chi connectivity index (χ3v) is 10.3. The van der Waals surface area contributed by atoms with Crippen LogP contribution in [-0.2, 0) is 5.41 Å². The third kappa shape index (κ3) is 5.29. The van der Waals surface area contributed by atoms with E-state index in [0.717, 1.165) is 27.1 Å². The fourth-order valence-corrected chi connectivity index (χ4v) is 7.53. The molecular weight excluding hydrogens is 634 g/mol. The largest absolute Gasteiger partial charge is 0.310 e. The van der Waals surface area contributed by atoms with Crippen LogP contribution in [0.5, 0.6) is 0 Å². The first kappa shape index (κ1) is 29.2. The van der Waals surface area contributed by atoms with Crippen molar-refractivity contribution in [2.75, 3.05) is 4.90 Å². The highest BCUT2D eigenvalue weighted by molar-refractivity contribution is 9.10. The molecule has 0 saturated carbocycles. The molecule has 0 N–H and O–H groups in total. The minimum Gasteiger partial charge on any atom is -0.310 e. The monoisotopic (exact) mass is 667 g/mol. The molecule has 0 heterocycles. The van der Waals surface area contributed by atoms with Crippen molar-refractivity contribution in [1.82, 2.24) is 0 Å². The molecule has 1 nitrogen and oxygen atoms in total. The van der Waals surface area contributed by atoms with E-state index in [-0.39, 0.29) is 5.41 Å². The van der Waals surface area contributed by atoms with Crippen molar-refractivity contribution in [2.24, 2.45) is 0 Å². The Labute approximate surface area is 285 Å². The van der Waals surface area contributed by atoms with Crippen molar-refractivity contribution in [3.63, 3.8) is 0 Å². The Morgan fingerprint density at radius 3 is 1.53 bits per heavy atom. The first-order chi connectivity index (χ1) is 23.0. The molecule has 0 radical (unpaired) electrons. The number of hydrogen-bond donors (Lipinski definition) is 0. The molecular formula is C45H34BrN. The van der Waals surface area contributed by atoms with E-state index >= 15 is 0 Å². The van der Waals surface area contributed by atoms with Crippen molar-refractivity contribution in [2.45, 2.75) is 19.3 Å². The molecule has 47 heavy (non-hydrogen) atoms. The SMILES string of the molecule is CC1(C)c2ccccc2-c2ccc(-c3ccc(N(c4ccc(-c5ccccc5)cc4)c4ccc(Br)c(-c5ccccc5)c4)cc3)cc21. The summed E-state index contributed by atoms with van der Waals surface area (Å²) in [5, 5.41) is 0. The average Bonchev–Trinajstić information content (AvgIpc) is 3.36. The van der Waals surface area contributed by atoms with Gasteiger partial charge in [-0.15, -0.1) is 0 Å². The van der Waals surface area contributed by atoms with Crippen LogP contribution in [0, 0.1) is 0 Å². The molecule has 0 spiro atoms. The van der Waals surface area contributed by atoms with Gasteiger partial charge in [-0.1, -0.05) is 151 Å². The molecule has 0 aromatic heterocycles. The van der Waals surface area contributed by atoms with Gasteiger partial charge in [0.05, 0.1) is 0 Å². The van der Waals surface area contributed by atoms with Crippen LogP contribution in [0.3, 0.4) is 0 Å². The smallest absolute Gasteiger partial charge is 0.0468 e. The van der Waals surface area contributed by atoms with Crippen molar-refractivity contribution in [1.29, 1.82) is 0 Å². The second-order valence-corrected chi connectivity index (χ2v) is 13.6. The van der Waals surface area contributed by atoms with Gasteiger partial charge >= 0.3 is 0 Å². The summed E-state index contributed by atoms with van der Waals surface area (Å²) < 4.78 is 1.07. The molecule has 0 unspecified atom stereocenters. The molecule has 0 fully saturated rings. The Balaban J connectivity index is 1.19. The minimum atomic E-state index is -0.0252. The van der Waals surface area contributed by atoms with E-state index in [9.17, 15) is 0 Å². The van der Waals surface area contributed by atoms with Gasteiger partial charge in [0.25, 0.3) is 0 Å². The van der Waals surface area contributed by atoms with E-state index in [4.69, 9.17) is 0 Å². The predicted molar refractivity (Wildman–Crippen MR) is 203 cm³/mol. The van der Waals surface area contributed by atoms with Crippen LogP contribution < -0.4 is 4.90 Å². The van der Waals surface area contributed by atoms with Gasteiger partial charge in [0.15, 0.2) is 0 Å². The molecule has 0 atom stereocenters. The topological polar surface area (TPSA) is 3.24 Å². The van der Waals surface area contributed by atoms with Gasteiger partial charge in [0, 0.05) is 26.9 Å². The summed E-state index contributed by atoms with van der Waals surface area (Å²) in [4.78, 5) is 2.35. The van der Waals surface area contributed by atoms with Crippen LogP contribution in [0.15, 0.2) is 174 Å². The standard InChI is InChI=1S/C45H34BrN/c1-45(2)42-16-10-9-15-39(42)40-27-21-35(29-43(40)45)33-19-24-37(25-20-33)47(36-22-17-32(18-23-36)31-11-5-3-6-12-31)38-26-28-44(46)41(30-38)34-13-7-4-8-14-34/h3-30H,1-2H3. The Hall–Kier alpha value is -5.18. The summed E-state index contributed by atoms with van der Waals surface area (Å²) in [6, 6.07) is 61.4.